The van der Waals surface area contributed by atoms with Crippen molar-refractivity contribution in [2.24, 2.45) is 0 Å². The molecule has 6 heteroatoms. The molecule has 1 aromatic carbocycles. The van der Waals surface area contributed by atoms with Crippen LogP contribution in [0.25, 0.3) is 0 Å². The highest BCUT2D eigenvalue weighted by Gasteiger charge is 2.03. The number of sulfonamides is 1. The molecule has 0 bridgehead atoms. The van der Waals surface area contributed by atoms with Gasteiger partial charge in [-0.25, -0.2) is 8.42 Å². The normalized spacial score (nSPS) is 11.0. The maximum atomic E-state index is 10.8. The molecule has 4 nitrogen and oxygen atoms in total. The summed E-state index contributed by atoms with van der Waals surface area (Å²) in [5.74, 6) is 0. The van der Waals surface area contributed by atoms with Crippen molar-refractivity contribution in [2.75, 3.05) is 11.0 Å². The van der Waals surface area contributed by atoms with Gasteiger partial charge in [0, 0.05) is 11.3 Å². The monoisotopic (exact) mass is 233 g/mol. The Bertz CT molecular complexity index is 438. The van der Waals surface area contributed by atoms with E-state index in [1.54, 1.807) is 0 Å². The first-order valence-electron chi connectivity index (χ1n) is 3.66. The SMILES string of the molecule is CS(=O)(=O)Nc1ccc(C(=O)Cl)cc1. The Morgan fingerprint density at radius 3 is 2.14 bits per heavy atom. The molecule has 0 aliphatic rings. The zero-order chi connectivity index (χ0) is 10.8. The van der Waals surface area contributed by atoms with E-state index in [1.807, 2.05) is 0 Å². The Morgan fingerprint density at radius 1 is 1.29 bits per heavy atom. The first-order valence-corrected chi connectivity index (χ1v) is 5.93. The van der Waals surface area contributed by atoms with E-state index in [0.717, 1.165) is 6.26 Å². The van der Waals surface area contributed by atoms with Gasteiger partial charge < -0.3 is 0 Å². The summed E-state index contributed by atoms with van der Waals surface area (Å²) in [5, 5.41) is -0.573. The van der Waals surface area contributed by atoms with Gasteiger partial charge in [0.25, 0.3) is 5.24 Å². The fourth-order valence-corrected chi connectivity index (χ4v) is 1.57. The van der Waals surface area contributed by atoms with E-state index in [9.17, 15) is 13.2 Å². The van der Waals surface area contributed by atoms with Gasteiger partial charge in [-0.05, 0) is 35.9 Å². The maximum Gasteiger partial charge on any atom is 0.252 e. The Balaban J connectivity index is 2.90. The van der Waals surface area contributed by atoms with Gasteiger partial charge >= 0.3 is 0 Å². The first-order chi connectivity index (χ1) is 6.38. The molecule has 0 heterocycles. The van der Waals surface area contributed by atoms with Crippen LogP contribution in [0.4, 0.5) is 5.69 Å². The number of carbonyl (C=O) groups is 1. The van der Waals surface area contributed by atoms with Crippen LogP contribution >= 0.6 is 11.6 Å². The molecule has 0 amide bonds. The number of hydrogen-bond donors (Lipinski definition) is 1. The Hall–Kier alpha value is -1.07. The van der Waals surface area contributed by atoms with Crippen LogP contribution in [0, 0.1) is 0 Å². The summed E-state index contributed by atoms with van der Waals surface area (Å²) >= 11 is 5.21. The molecule has 0 fully saturated rings. The van der Waals surface area contributed by atoms with E-state index in [1.165, 1.54) is 24.3 Å². The first kappa shape index (κ1) is 11.0. The highest BCUT2D eigenvalue weighted by atomic mass is 35.5. The molecule has 14 heavy (non-hydrogen) atoms. The van der Waals surface area contributed by atoms with Crippen LogP contribution in [0.3, 0.4) is 0 Å². The summed E-state index contributed by atoms with van der Waals surface area (Å²) < 4.78 is 23.9. The van der Waals surface area contributed by atoms with Crippen molar-refractivity contribution in [3.05, 3.63) is 29.8 Å². The molecule has 0 aromatic heterocycles. The standard InChI is InChI=1S/C8H8ClNO3S/c1-14(12,13)10-7-4-2-6(3-5-7)8(9)11/h2-5,10H,1H3. The van der Waals surface area contributed by atoms with Gasteiger partial charge in [-0.15, -0.1) is 0 Å². The Morgan fingerprint density at radius 2 is 1.79 bits per heavy atom. The van der Waals surface area contributed by atoms with Crippen molar-refractivity contribution in [2.45, 2.75) is 0 Å². The zero-order valence-corrected chi connectivity index (χ0v) is 8.89. The van der Waals surface area contributed by atoms with Crippen molar-refractivity contribution in [1.82, 2.24) is 0 Å². The van der Waals surface area contributed by atoms with Crippen LogP contribution in [0.1, 0.15) is 10.4 Å². The highest BCUT2D eigenvalue weighted by Crippen LogP contribution is 2.12. The molecule has 76 valence electrons. The number of rotatable bonds is 3. The van der Waals surface area contributed by atoms with Gasteiger partial charge in [0.15, 0.2) is 0 Å². The number of benzene rings is 1. The van der Waals surface area contributed by atoms with Crippen LogP contribution in [-0.4, -0.2) is 19.9 Å². The number of nitrogens with one attached hydrogen (secondary N) is 1. The molecule has 0 atom stereocenters. The molecule has 0 saturated carbocycles. The summed E-state index contributed by atoms with van der Waals surface area (Å²) in [6.45, 7) is 0. The van der Waals surface area contributed by atoms with Crippen molar-refractivity contribution in [1.29, 1.82) is 0 Å². The Kier molecular flexibility index (Phi) is 3.13. The fourth-order valence-electron chi connectivity index (χ4n) is 0.883. The van der Waals surface area contributed by atoms with Gasteiger partial charge in [0.1, 0.15) is 0 Å². The number of hydrogen-bond acceptors (Lipinski definition) is 3. The fraction of sp³-hybridized carbons (Fsp3) is 0.125. The van der Waals surface area contributed by atoms with Crippen LogP contribution in [0.15, 0.2) is 24.3 Å². The second kappa shape index (κ2) is 3.98. The van der Waals surface area contributed by atoms with Gasteiger partial charge in [0.2, 0.25) is 10.0 Å². The average Bonchev–Trinajstić information content (AvgIpc) is 2.02. The molecule has 0 saturated heterocycles. The van der Waals surface area contributed by atoms with E-state index in [2.05, 4.69) is 4.72 Å². The summed E-state index contributed by atoms with van der Waals surface area (Å²) in [4.78, 5) is 10.7. The smallest absolute Gasteiger partial charge is 0.252 e. The second-order valence-electron chi connectivity index (χ2n) is 2.73. The summed E-state index contributed by atoms with van der Waals surface area (Å²) in [6.07, 6.45) is 1.05. The van der Waals surface area contributed by atoms with Gasteiger partial charge in [-0.1, -0.05) is 0 Å². The van der Waals surface area contributed by atoms with Crippen LogP contribution in [0.5, 0.6) is 0 Å². The minimum absolute atomic E-state index is 0.325. The molecule has 1 rings (SSSR count). The number of carbonyl (C=O) groups excluding carboxylic acids is 1. The van der Waals surface area contributed by atoms with Gasteiger partial charge in [0.05, 0.1) is 6.26 Å². The molecule has 0 aliphatic heterocycles. The predicted octanol–water partition coefficient (Wildman–Crippen LogP) is 1.44. The van der Waals surface area contributed by atoms with E-state index in [0.29, 0.717) is 11.3 Å². The van der Waals surface area contributed by atoms with Crippen molar-refractivity contribution >= 4 is 32.6 Å². The molecule has 0 aliphatic carbocycles. The molecule has 1 aromatic rings. The highest BCUT2D eigenvalue weighted by molar-refractivity contribution is 7.92. The molecule has 0 unspecified atom stereocenters. The second-order valence-corrected chi connectivity index (χ2v) is 4.82. The van der Waals surface area contributed by atoms with Crippen LogP contribution in [-0.2, 0) is 10.0 Å². The Labute approximate surface area is 86.9 Å². The largest absolute Gasteiger partial charge is 0.284 e. The lowest BCUT2D eigenvalue weighted by Crippen LogP contribution is -2.09. The number of anilines is 1. The van der Waals surface area contributed by atoms with Crippen molar-refractivity contribution < 1.29 is 13.2 Å². The lowest BCUT2D eigenvalue weighted by atomic mass is 10.2. The van der Waals surface area contributed by atoms with Crippen molar-refractivity contribution in [3.8, 4) is 0 Å². The number of halogens is 1. The molecular weight excluding hydrogens is 226 g/mol. The minimum atomic E-state index is -3.28. The third-order valence-electron chi connectivity index (χ3n) is 1.42. The average molecular weight is 234 g/mol. The van der Waals surface area contributed by atoms with E-state index in [-0.39, 0.29) is 0 Å². The minimum Gasteiger partial charge on any atom is -0.284 e. The maximum absolute atomic E-state index is 10.8. The molecule has 0 radical (unpaired) electrons. The van der Waals surface area contributed by atoms with Crippen LogP contribution < -0.4 is 4.72 Å². The van der Waals surface area contributed by atoms with E-state index < -0.39 is 15.3 Å². The lowest BCUT2D eigenvalue weighted by molar-refractivity contribution is 0.108. The van der Waals surface area contributed by atoms with Crippen LogP contribution in [0.2, 0.25) is 0 Å². The lowest BCUT2D eigenvalue weighted by Gasteiger charge is -2.03. The molecular formula is C8H8ClNO3S. The summed E-state index contributed by atoms with van der Waals surface area (Å²) in [5.41, 5.74) is 0.722. The van der Waals surface area contributed by atoms with E-state index in [4.69, 9.17) is 11.6 Å². The van der Waals surface area contributed by atoms with Crippen molar-refractivity contribution in [3.63, 3.8) is 0 Å². The summed E-state index contributed by atoms with van der Waals surface area (Å²) in [6, 6.07) is 5.83. The topological polar surface area (TPSA) is 63.2 Å². The molecule has 0 spiro atoms. The zero-order valence-electron chi connectivity index (χ0n) is 7.32. The third kappa shape index (κ3) is 3.35. The van der Waals surface area contributed by atoms with E-state index >= 15 is 0 Å². The summed E-state index contributed by atoms with van der Waals surface area (Å²) in [7, 11) is -3.28. The van der Waals surface area contributed by atoms with Gasteiger partial charge in [-0.2, -0.15) is 0 Å². The quantitative estimate of drug-likeness (QED) is 0.804. The van der Waals surface area contributed by atoms with Gasteiger partial charge in [-0.3, -0.25) is 9.52 Å². The third-order valence-corrected chi connectivity index (χ3v) is 2.24. The molecule has 1 N–H and O–H groups in total. The predicted molar refractivity (Wildman–Crippen MR) is 55.1 cm³/mol.